The van der Waals surface area contributed by atoms with Crippen LogP contribution in [0.3, 0.4) is 0 Å². The average molecular weight is 276 g/mol. The monoisotopic (exact) mass is 276 g/mol. The molecule has 0 fully saturated rings. The van der Waals surface area contributed by atoms with Gasteiger partial charge in [-0.25, -0.2) is 4.98 Å². The minimum atomic E-state index is -0.203. The third-order valence-corrected chi connectivity index (χ3v) is 3.39. The van der Waals surface area contributed by atoms with Gasteiger partial charge < -0.3 is 4.57 Å². The quantitative estimate of drug-likeness (QED) is 0.688. The predicted molar refractivity (Wildman–Crippen MR) is 78.3 cm³/mol. The van der Waals surface area contributed by atoms with Gasteiger partial charge in [-0.1, -0.05) is 12.1 Å². The Morgan fingerprint density at radius 2 is 2.19 bits per heavy atom. The maximum absolute atomic E-state index is 8.66. The molecule has 1 aliphatic rings. The molecule has 0 radical (unpaired) electrons. The number of hydrogen-bond acceptors (Lipinski definition) is 5. The zero-order valence-electron chi connectivity index (χ0n) is 11.2. The fourth-order valence-electron chi connectivity index (χ4n) is 2.43. The van der Waals surface area contributed by atoms with E-state index in [-0.39, 0.29) is 5.71 Å². The van der Waals surface area contributed by atoms with Crippen LogP contribution in [-0.2, 0) is 13.0 Å². The maximum atomic E-state index is 8.66. The number of imidazole rings is 1. The van der Waals surface area contributed by atoms with Gasteiger partial charge in [0, 0.05) is 18.5 Å². The number of nitriles is 2. The minimum absolute atomic E-state index is 0.203. The molecule has 3 rings (SSSR count). The van der Waals surface area contributed by atoms with Gasteiger partial charge in [-0.05, 0) is 18.6 Å². The standard InChI is InChI=1S/C15H12N6/c16-8-13(9-17)20-19-12-4-1-3-11(7-12)14-10-18-15-5-2-6-21(14)15/h1,3-4,7,10,19H,2,5-6H2. The summed E-state index contributed by atoms with van der Waals surface area (Å²) >= 11 is 0. The van der Waals surface area contributed by atoms with Crippen LogP contribution in [0.4, 0.5) is 5.69 Å². The maximum Gasteiger partial charge on any atom is 0.237 e. The molecule has 0 saturated carbocycles. The summed E-state index contributed by atoms with van der Waals surface area (Å²) in [6.07, 6.45) is 4.04. The second-order valence-electron chi connectivity index (χ2n) is 4.69. The second-order valence-corrected chi connectivity index (χ2v) is 4.69. The summed E-state index contributed by atoms with van der Waals surface area (Å²) in [6, 6.07) is 11.1. The average Bonchev–Trinajstić information content (AvgIpc) is 3.11. The van der Waals surface area contributed by atoms with Gasteiger partial charge in [0.2, 0.25) is 5.71 Å². The van der Waals surface area contributed by atoms with Gasteiger partial charge in [-0.2, -0.15) is 15.6 Å². The highest BCUT2D eigenvalue weighted by Crippen LogP contribution is 2.27. The molecule has 0 spiro atoms. The van der Waals surface area contributed by atoms with Crippen molar-refractivity contribution in [2.45, 2.75) is 19.4 Å². The highest BCUT2D eigenvalue weighted by atomic mass is 15.3. The molecule has 0 aliphatic carbocycles. The van der Waals surface area contributed by atoms with Crippen molar-refractivity contribution in [3.63, 3.8) is 0 Å². The lowest BCUT2D eigenvalue weighted by Crippen LogP contribution is -1.98. The molecule has 2 aromatic rings. The fourth-order valence-corrected chi connectivity index (χ4v) is 2.43. The predicted octanol–water partition coefficient (Wildman–Crippen LogP) is 2.31. The first kappa shape index (κ1) is 12.9. The molecular weight excluding hydrogens is 264 g/mol. The van der Waals surface area contributed by atoms with Crippen molar-refractivity contribution in [2.75, 3.05) is 5.43 Å². The summed E-state index contributed by atoms with van der Waals surface area (Å²) < 4.78 is 2.22. The van der Waals surface area contributed by atoms with Crippen molar-refractivity contribution in [3.05, 3.63) is 36.3 Å². The van der Waals surface area contributed by atoms with Crippen LogP contribution in [0.15, 0.2) is 35.6 Å². The Bertz CT molecular complexity index is 771. The molecule has 0 atom stereocenters. The van der Waals surface area contributed by atoms with Crippen LogP contribution in [0.25, 0.3) is 11.3 Å². The van der Waals surface area contributed by atoms with Crippen molar-refractivity contribution in [1.82, 2.24) is 9.55 Å². The van der Waals surface area contributed by atoms with Crippen molar-refractivity contribution in [2.24, 2.45) is 5.10 Å². The summed E-state index contributed by atoms with van der Waals surface area (Å²) in [4.78, 5) is 4.43. The van der Waals surface area contributed by atoms with Crippen LogP contribution in [0, 0.1) is 22.7 Å². The molecular formula is C15H12N6. The number of aryl methyl sites for hydroxylation is 1. The van der Waals surface area contributed by atoms with Gasteiger partial charge in [0.05, 0.1) is 17.6 Å². The van der Waals surface area contributed by atoms with Crippen LogP contribution < -0.4 is 5.43 Å². The summed E-state index contributed by atoms with van der Waals surface area (Å²) in [5.74, 6) is 1.12. The fraction of sp³-hybridized carbons (Fsp3) is 0.200. The summed E-state index contributed by atoms with van der Waals surface area (Å²) in [5, 5.41) is 21.1. The Hall–Kier alpha value is -3.12. The lowest BCUT2D eigenvalue weighted by molar-refractivity contribution is 0.756. The van der Waals surface area contributed by atoms with E-state index in [1.807, 2.05) is 30.5 Å². The number of fused-ring (bicyclic) bond motifs is 1. The number of hydrazone groups is 1. The molecule has 2 heterocycles. The van der Waals surface area contributed by atoms with Gasteiger partial charge in [-0.3, -0.25) is 5.43 Å². The van der Waals surface area contributed by atoms with E-state index >= 15 is 0 Å². The van der Waals surface area contributed by atoms with E-state index < -0.39 is 0 Å². The van der Waals surface area contributed by atoms with Crippen LogP contribution >= 0.6 is 0 Å². The number of anilines is 1. The molecule has 6 heteroatoms. The highest BCUT2D eigenvalue weighted by Gasteiger charge is 2.16. The third kappa shape index (κ3) is 2.47. The lowest BCUT2D eigenvalue weighted by atomic mass is 10.1. The highest BCUT2D eigenvalue weighted by molar-refractivity contribution is 6.10. The van der Waals surface area contributed by atoms with E-state index in [0.29, 0.717) is 0 Å². The van der Waals surface area contributed by atoms with Gasteiger partial charge in [0.15, 0.2) is 0 Å². The Morgan fingerprint density at radius 1 is 1.33 bits per heavy atom. The van der Waals surface area contributed by atoms with E-state index in [0.717, 1.165) is 42.2 Å². The molecule has 0 amide bonds. The normalized spacial score (nSPS) is 12.1. The first-order chi connectivity index (χ1) is 10.3. The Labute approximate surface area is 122 Å². The zero-order valence-corrected chi connectivity index (χ0v) is 11.2. The molecule has 0 saturated heterocycles. The smallest absolute Gasteiger partial charge is 0.237 e. The SMILES string of the molecule is N#CC(C#N)=NNc1cccc(-c2cnc3n2CCC3)c1. The van der Waals surface area contributed by atoms with Crippen LogP contribution in [-0.4, -0.2) is 15.3 Å². The zero-order chi connectivity index (χ0) is 14.7. The lowest BCUT2D eigenvalue weighted by Gasteiger charge is -2.07. The van der Waals surface area contributed by atoms with Crippen LogP contribution in [0.1, 0.15) is 12.2 Å². The number of aromatic nitrogens is 2. The number of nitrogens with one attached hydrogen (secondary N) is 1. The molecule has 21 heavy (non-hydrogen) atoms. The van der Waals surface area contributed by atoms with Crippen molar-refractivity contribution in [1.29, 1.82) is 10.5 Å². The van der Waals surface area contributed by atoms with E-state index in [2.05, 4.69) is 20.1 Å². The number of rotatable bonds is 3. The van der Waals surface area contributed by atoms with Gasteiger partial charge in [0.25, 0.3) is 0 Å². The molecule has 1 aromatic heterocycles. The van der Waals surface area contributed by atoms with Crippen molar-refractivity contribution in [3.8, 4) is 23.4 Å². The van der Waals surface area contributed by atoms with Gasteiger partial charge in [-0.15, -0.1) is 0 Å². The largest absolute Gasteiger partial charge is 0.328 e. The first-order valence-electron chi connectivity index (χ1n) is 6.60. The van der Waals surface area contributed by atoms with Crippen LogP contribution in [0.5, 0.6) is 0 Å². The van der Waals surface area contributed by atoms with Crippen molar-refractivity contribution >= 4 is 11.4 Å². The summed E-state index contributed by atoms with van der Waals surface area (Å²) in [7, 11) is 0. The van der Waals surface area contributed by atoms with E-state index in [9.17, 15) is 0 Å². The molecule has 0 unspecified atom stereocenters. The van der Waals surface area contributed by atoms with E-state index in [1.165, 1.54) is 0 Å². The summed E-state index contributed by atoms with van der Waals surface area (Å²) in [5.41, 5.74) is 5.37. The number of hydrogen-bond donors (Lipinski definition) is 1. The van der Waals surface area contributed by atoms with Crippen LogP contribution in [0.2, 0.25) is 0 Å². The molecule has 6 nitrogen and oxygen atoms in total. The van der Waals surface area contributed by atoms with Crippen molar-refractivity contribution < 1.29 is 0 Å². The molecule has 102 valence electrons. The number of benzene rings is 1. The Morgan fingerprint density at radius 3 is 3.00 bits per heavy atom. The van der Waals surface area contributed by atoms with Gasteiger partial charge in [0.1, 0.15) is 18.0 Å². The molecule has 0 bridgehead atoms. The minimum Gasteiger partial charge on any atom is -0.328 e. The second kappa shape index (κ2) is 5.48. The molecule has 1 aromatic carbocycles. The first-order valence-corrected chi connectivity index (χ1v) is 6.60. The van der Waals surface area contributed by atoms with Gasteiger partial charge >= 0.3 is 0 Å². The number of nitrogens with zero attached hydrogens (tertiary/aromatic N) is 5. The topological polar surface area (TPSA) is 89.8 Å². The summed E-state index contributed by atoms with van der Waals surface area (Å²) in [6.45, 7) is 0.994. The molecule has 1 aliphatic heterocycles. The third-order valence-electron chi connectivity index (χ3n) is 3.39. The van der Waals surface area contributed by atoms with E-state index in [1.54, 1.807) is 12.1 Å². The Kier molecular flexibility index (Phi) is 3.36. The van der Waals surface area contributed by atoms with E-state index in [4.69, 9.17) is 10.5 Å². The Balaban J connectivity index is 1.89. The molecule has 1 N–H and O–H groups in total.